The topological polar surface area (TPSA) is 24.9 Å². The molecule has 14 heavy (non-hydrogen) atoms. The van der Waals surface area contributed by atoms with E-state index in [1.807, 2.05) is 6.20 Å². The van der Waals surface area contributed by atoms with Crippen molar-refractivity contribution in [2.45, 2.75) is 13.3 Å². The summed E-state index contributed by atoms with van der Waals surface area (Å²) in [5.74, 6) is 0. The Balaban J connectivity index is 2.12. The molecular formula is C11H10N2S. The zero-order valence-corrected chi connectivity index (χ0v) is 8.69. The van der Waals surface area contributed by atoms with Crippen LogP contribution in [0.5, 0.6) is 0 Å². The summed E-state index contributed by atoms with van der Waals surface area (Å²) in [6.07, 6.45) is 2.97. The first-order chi connectivity index (χ1) is 6.83. The predicted molar refractivity (Wildman–Crippen MR) is 59.4 cm³/mol. The van der Waals surface area contributed by atoms with Crippen LogP contribution in [0.3, 0.4) is 0 Å². The molecule has 0 radical (unpaired) electrons. The summed E-state index contributed by atoms with van der Waals surface area (Å²) in [6.45, 7) is 2.13. The van der Waals surface area contributed by atoms with Crippen LogP contribution in [0.4, 0.5) is 10.7 Å². The van der Waals surface area contributed by atoms with Crippen LogP contribution in [0.25, 0.3) is 0 Å². The highest BCUT2D eigenvalue weighted by Crippen LogP contribution is 2.35. The minimum absolute atomic E-state index is 1.01. The molecule has 0 atom stereocenters. The Morgan fingerprint density at radius 2 is 2.29 bits per heavy atom. The van der Waals surface area contributed by atoms with Gasteiger partial charge < -0.3 is 5.32 Å². The number of fused-ring (bicyclic) bond motifs is 2. The Labute approximate surface area is 86.8 Å². The van der Waals surface area contributed by atoms with Gasteiger partial charge in [0.15, 0.2) is 0 Å². The maximum absolute atomic E-state index is 4.19. The molecule has 2 aromatic rings. The summed E-state index contributed by atoms with van der Waals surface area (Å²) in [5, 5.41) is 4.60. The number of nitrogens with zero attached hydrogens (tertiary/aromatic N) is 1. The highest BCUT2D eigenvalue weighted by molar-refractivity contribution is 7.10. The zero-order chi connectivity index (χ0) is 9.54. The summed E-state index contributed by atoms with van der Waals surface area (Å²) < 4.78 is 4.19. The lowest BCUT2D eigenvalue weighted by Gasteiger charge is -2.17. The summed E-state index contributed by atoms with van der Waals surface area (Å²) >= 11 is 1.53. The normalized spacial score (nSPS) is 12.9. The van der Waals surface area contributed by atoms with Gasteiger partial charge in [-0.3, -0.25) is 0 Å². The van der Waals surface area contributed by atoms with Gasteiger partial charge in [-0.1, -0.05) is 17.7 Å². The molecule has 1 N–H and O–H groups in total. The van der Waals surface area contributed by atoms with Gasteiger partial charge in [0.1, 0.15) is 5.00 Å². The first-order valence-corrected chi connectivity index (χ1v) is 5.40. The second-order valence-corrected chi connectivity index (χ2v) is 4.44. The van der Waals surface area contributed by atoms with Crippen LogP contribution in [-0.4, -0.2) is 4.37 Å². The molecule has 0 bridgehead atoms. The zero-order valence-electron chi connectivity index (χ0n) is 7.87. The molecular weight excluding hydrogens is 192 g/mol. The van der Waals surface area contributed by atoms with E-state index in [4.69, 9.17) is 0 Å². The Bertz CT molecular complexity index is 488. The number of hydrogen-bond acceptors (Lipinski definition) is 3. The number of rotatable bonds is 0. The molecule has 70 valence electrons. The van der Waals surface area contributed by atoms with Gasteiger partial charge >= 0.3 is 0 Å². The lowest BCUT2D eigenvalue weighted by atomic mass is 10.0. The minimum atomic E-state index is 1.01. The summed E-state index contributed by atoms with van der Waals surface area (Å²) in [4.78, 5) is 0. The van der Waals surface area contributed by atoms with Gasteiger partial charge in [0.2, 0.25) is 0 Å². The van der Waals surface area contributed by atoms with Crippen molar-refractivity contribution >= 4 is 22.2 Å². The highest BCUT2D eigenvalue weighted by atomic mass is 32.1. The van der Waals surface area contributed by atoms with E-state index >= 15 is 0 Å². The van der Waals surface area contributed by atoms with Crippen LogP contribution in [-0.2, 0) is 6.42 Å². The van der Waals surface area contributed by atoms with Crippen molar-refractivity contribution < 1.29 is 0 Å². The third kappa shape index (κ3) is 1.13. The van der Waals surface area contributed by atoms with Crippen molar-refractivity contribution in [2.24, 2.45) is 0 Å². The van der Waals surface area contributed by atoms with Crippen LogP contribution in [0.1, 0.15) is 16.7 Å². The van der Waals surface area contributed by atoms with Crippen molar-refractivity contribution in [1.82, 2.24) is 4.37 Å². The average molecular weight is 202 g/mol. The summed E-state index contributed by atoms with van der Waals surface area (Å²) in [7, 11) is 0. The van der Waals surface area contributed by atoms with Gasteiger partial charge in [-0.15, -0.1) is 0 Å². The molecule has 1 aromatic carbocycles. The number of aromatic nitrogens is 1. The molecule has 0 aliphatic carbocycles. The smallest absolute Gasteiger partial charge is 0.117 e. The van der Waals surface area contributed by atoms with Crippen LogP contribution >= 0.6 is 11.5 Å². The number of aryl methyl sites for hydroxylation is 1. The molecule has 2 nitrogen and oxygen atoms in total. The minimum Gasteiger partial charge on any atom is -0.345 e. The largest absolute Gasteiger partial charge is 0.345 e. The van der Waals surface area contributed by atoms with E-state index in [2.05, 4.69) is 34.8 Å². The standard InChI is InChI=1S/C11H10N2S/c1-7-2-3-10-8(4-7)5-9-6-12-14-11(9)13-10/h2-4,6,13H,5H2,1H3. The summed E-state index contributed by atoms with van der Waals surface area (Å²) in [6, 6.07) is 6.52. The van der Waals surface area contributed by atoms with Gasteiger partial charge in [-0.05, 0) is 30.1 Å². The molecule has 0 fully saturated rings. The number of benzene rings is 1. The number of nitrogens with one attached hydrogen (secondary N) is 1. The SMILES string of the molecule is Cc1ccc2c(c1)Cc1cnsc1N2. The Morgan fingerprint density at radius 1 is 1.36 bits per heavy atom. The van der Waals surface area contributed by atoms with Crippen molar-refractivity contribution in [1.29, 1.82) is 0 Å². The van der Waals surface area contributed by atoms with E-state index in [9.17, 15) is 0 Å². The second kappa shape index (κ2) is 2.82. The van der Waals surface area contributed by atoms with Crippen molar-refractivity contribution in [3.05, 3.63) is 41.1 Å². The maximum Gasteiger partial charge on any atom is 0.117 e. The van der Waals surface area contributed by atoms with E-state index in [-0.39, 0.29) is 0 Å². The quantitative estimate of drug-likeness (QED) is 0.606. The monoisotopic (exact) mass is 202 g/mol. The third-order valence-electron chi connectivity index (χ3n) is 2.53. The van der Waals surface area contributed by atoms with Crippen molar-refractivity contribution in [3.8, 4) is 0 Å². The van der Waals surface area contributed by atoms with Gasteiger partial charge in [-0.2, -0.15) is 4.37 Å². The molecule has 3 heteroatoms. The first kappa shape index (κ1) is 8.00. The maximum atomic E-state index is 4.19. The lowest BCUT2D eigenvalue weighted by Crippen LogP contribution is -2.03. The van der Waals surface area contributed by atoms with E-state index in [0.717, 1.165) is 6.42 Å². The van der Waals surface area contributed by atoms with Crippen molar-refractivity contribution in [2.75, 3.05) is 5.32 Å². The van der Waals surface area contributed by atoms with Crippen LogP contribution in [0.15, 0.2) is 24.4 Å². The highest BCUT2D eigenvalue weighted by Gasteiger charge is 2.15. The Hall–Kier alpha value is -1.35. The average Bonchev–Trinajstić information content (AvgIpc) is 2.61. The molecule has 2 heterocycles. The fraction of sp³-hybridized carbons (Fsp3) is 0.182. The molecule has 3 rings (SSSR count). The Morgan fingerprint density at radius 3 is 3.21 bits per heavy atom. The number of anilines is 2. The molecule has 0 saturated carbocycles. The van der Waals surface area contributed by atoms with Crippen LogP contribution < -0.4 is 5.32 Å². The van der Waals surface area contributed by atoms with Crippen LogP contribution in [0.2, 0.25) is 0 Å². The summed E-state index contributed by atoms with van der Waals surface area (Å²) in [5.41, 5.74) is 5.23. The molecule has 0 spiro atoms. The molecule has 0 unspecified atom stereocenters. The van der Waals surface area contributed by atoms with Gasteiger partial charge in [-0.25, -0.2) is 0 Å². The molecule has 0 amide bonds. The molecule has 1 aromatic heterocycles. The lowest BCUT2D eigenvalue weighted by molar-refractivity contribution is 1.16. The molecule has 0 saturated heterocycles. The predicted octanol–water partition coefficient (Wildman–Crippen LogP) is 3.10. The number of hydrogen-bond donors (Lipinski definition) is 1. The first-order valence-electron chi connectivity index (χ1n) is 4.63. The Kier molecular flexibility index (Phi) is 1.61. The van der Waals surface area contributed by atoms with Gasteiger partial charge in [0.25, 0.3) is 0 Å². The van der Waals surface area contributed by atoms with E-state index in [0.29, 0.717) is 0 Å². The van der Waals surface area contributed by atoms with E-state index < -0.39 is 0 Å². The van der Waals surface area contributed by atoms with Gasteiger partial charge in [0, 0.05) is 23.9 Å². The van der Waals surface area contributed by atoms with E-state index in [1.165, 1.54) is 38.9 Å². The molecule has 1 aliphatic heterocycles. The van der Waals surface area contributed by atoms with Crippen LogP contribution in [0, 0.1) is 6.92 Å². The third-order valence-corrected chi connectivity index (χ3v) is 3.29. The van der Waals surface area contributed by atoms with E-state index in [1.54, 1.807) is 0 Å². The van der Waals surface area contributed by atoms with Gasteiger partial charge in [0.05, 0.1) is 0 Å². The fourth-order valence-electron chi connectivity index (χ4n) is 1.81. The molecule has 1 aliphatic rings. The fourth-order valence-corrected chi connectivity index (χ4v) is 2.49. The second-order valence-electron chi connectivity index (χ2n) is 3.64. The van der Waals surface area contributed by atoms with Crippen molar-refractivity contribution in [3.63, 3.8) is 0 Å².